The number of imidazole rings is 2. The Morgan fingerprint density at radius 2 is 1.97 bits per heavy atom. The zero-order valence-electron chi connectivity index (χ0n) is 17.0. The molecule has 0 saturated carbocycles. The predicted octanol–water partition coefficient (Wildman–Crippen LogP) is 3.26. The molecule has 0 N–H and O–H groups in total. The van der Waals surface area contributed by atoms with Crippen LogP contribution < -0.4 is 5.69 Å². The SMILES string of the molecule is CC(C)CCn1c(Cn2c(=O)n(C3COC3)c3ccncc32)nc2nc(Cl)ccc21. The number of hydrogen-bond acceptors (Lipinski definition) is 5. The van der Waals surface area contributed by atoms with Gasteiger partial charge in [0.25, 0.3) is 0 Å². The molecule has 0 aromatic carbocycles. The summed E-state index contributed by atoms with van der Waals surface area (Å²) in [7, 11) is 0. The molecule has 30 heavy (non-hydrogen) atoms. The first kappa shape index (κ1) is 19.3. The summed E-state index contributed by atoms with van der Waals surface area (Å²) in [4.78, 5) is 26.7. The van der Waals surface area contributed by atoms with E-state index in [-0.39, 0.29) is 11.7 Å². The lowest BCUT2D eigenvalue weighted by Crippen LogP contribution is -2.38. The van der Waals surface area contributed by atoms with Crippen molar-refractivity contribution < 1.29 is 4.74 Å². The maximum atomic E-state index is 13.3. The summed E-state index contributed by atoms with van der Waals surface area (Å²) < 4.78 is 11.0. The van der Waals surface area contributed by atoms with Gasteiger partial charge in [-0.05, 0) is 30.5 Å². The van der Waals surface area contributed by atoms with Gasteiger partial charge in [-0.25, -0.2) is 14.8 Å². The Morgan fingerprint density at radius 3 is 2.70 bits per heavy atom. The van der Waals surface area contributed by atoms with Gasteiger partial charge in [-0.1, -0.05) is 25.4 Å². The third-order valence-corrected chi connectivity index (χ3v) is 5.85. The minimum absolute atomic E-state index is 0.0591. The first-order valence-electron chi connectivity index (χ1n) is 10.2. The smallest absolute Gasteiger partial charge is 0.329 e. The number of ether oxygens (including phenoxy) is 1. The topological polar surface area (TPSA) is 79.8 Å². The zero-order valence-corrected chi connectivity index (χ0v) is 17.7. The van der Waals surface area contributed by atoms with Gasteiger partial charge in [0.1, 0.15) is 11.0 Å². The van der Waals surface area contributed by atoms with Gasteiger partial charge in [0, 0.05) is 12.7 Å². The Kier molecular flexibility index (Phi) is 4.83. The minimum Gasteiger partial charge on any atom is -0.377 e. The van der Waals surface area contributed by atoms with Gasteiger partial charge >= 0.3 is 5.69 Å². The van der Waals surface area contributed by atoms with Crippen LogP contribution in [0.5, 0.6) is 0 Å². The van der Waals surface area contributed by atoms with Gasteiger partial charge < -0.3 is 9.30 Å². The molecular formula is C21H23ClN6O2. The molecule has 0 spiro atoms. The van der Waals surface area contributed by atoms with Crippen LogP contribution in [0.1, 0.15) is 32.1 Å². The van der Waals surface area contributed by atoms with Crippen LogP contribution in [0, 0.1) is 5.92 Å². The van der Waals surface area contributed by atoms with E-state index in [9.17, 15) is 4.79 Å². The number of halogens is 1. The van der Waals surface area contributed by atoms with Crippen molar-refractivity contribution in [1.82, 2.24) is 28.7 Å². The monoisotopic (exact) mass is 426 g/mol. The molecule has 9 heteroatoms. The van der Waals surface area contributed by atoms with E-state index in [4.69, 9.17) is 21.3 Å². The number of pyridine rings is 2. The molecule has 156 valence electrons. The molecule has 1 aliphatic heterocycles. The largest absolute Gasteiger partial charge is 0.377 e. The van der Waals surface area contributed by atoms with Gasteiger partial charge in [-0.2, -0.15) is 0 Å². The quantitative estimate of drug-likeness (QED) is 0.442. The molecule has 0 aliphatic carbocycles. The first-order chi connectivity index (χ1) is 14.5. The molecule has 0 amide bonds. The molecule has 1 fully saturated rings. The number of fused-ring (bicyclic) bond motifs is 2. The van der Waals surface area contributed by atoms with Gasteiger partial charge in [0.2, 0.25) is 0 Å². The van der Waals surface area contributed by atoms with Crippen LogP contribution in [-0.4, -0.2) is 41.9 Å². The van der Waals surface area contributed by atoms with Crippen molar-refractivity contribution in [3.63, 3.8) is 0 Å². The second kappa shape index (κ2) is 7.52. The molecule has 0 bridgehead atoms. The van der Waals surface area contributed by atoms with Crippen LogP contribution in [0.25, 0.3) is 22.2 Å². The van der Waals surface area contributed by atoms with Crippen molar-refractivity contribution in [2.24, 2.45) is 5.92 Å². The Morgan fingerprint density at radius 1 is 1.13 bits per heavy atom. The van der Waals surface area contributed by atoms with E-state index in [1.54, 1.807) is 23.0 Å². The van der Waals surface area contributed by atoms with Crippen molar-refractivity contribution in [2.45, 2.75) is 39.4 Å². The van der Waals surface area contributed by atoms with Gasteiger partial charge in [0.15, 0.2) is 5.65 Å². The summed E-state index contributed by atoms with van der Waals surface area (Å²) in [6, 6.07) is 5.67. The van der Waals surface area contributed by atoms with Crippen LogP contribution in [0.2, 0.25) is 5.15 Å². The van der Waals surface area contributed by atoms with Crippen LogP contribution >= 0.6 is 11.6 Å². The number of aromatic nitrogens is 6. The number of aryl methyl sites for hydroxylation is 1. The fraction of sp³-hybridized carbons (Fsp3) is 0.429. The van der Waals surface area contributed by atoms with E-state index in [2.05, 4.69) is 28.4 Å². The summed E-state index contributed by atoms with van der Waals surface area (Å²) in [5.41, 5.74) is 3.12. The average molecular weight is 427 g/mol. The lowest BCUT2D eigenvalue weighted by Gasteiger charge is -2.26. The van der Waals surface area contributed by atoms with Crippen molar-refractivity contribution in [3.05, 3.63) is 52.1 Å². The molecule has 4 aromatic heterocycles. The molecule has 4 aromatic rings. The Labute approximate surface area is 178 Å². The van der Waals surface area contributed by atoms with Gasteiger partial charge in [-0.3, -0.25) is 14.1 Å². The van der Waals surface area contributed by atoms with Crippen molar-refractivity contribution in [1.29, 1.82) is 0 Å². The predicted molar refractivity (Wildman–Crippen MR) is 115 cm³/mol. The van der Waals surface area contributed by atoms with Crippen molar-refractivity contribution in [3.8, 4) is 0 Å². The summed E-state index contributed by atoms with van der Waals surface area (Å²) in [5, 5.41) is 0.408. The Hall–Kier alpha value is -2.71. The number of hydrogen-bond donors (Lipinski definition) is 0. The van der Waals surface area contributed by atoms with E-state index in [0.717, 1.165) is 35.3 Å². The Balaban J connectivity index is 1.64. The average Bonchev–Trinajstić information content (AvgIpc) is 3.15. The summed E-state index contributed by atoms with van der Waals surface area (Å²) in [5.74, 6) is 1.33. The Bertz CT molecular complexity index is 1280. The lowest BCUT2D eigenvalue weighted by atomic mass is 10.1. The third-order valence-electron chi connectivity index (χ3n) is 5.64. The molecule has 8 nitrogen and oxygen atoms in total. The molecule has 1 saturated heterocycles. The fourth-order valence-corrected chi connectivity index (χ4v) is 4.08. The maximum Gasteiger partial charge on any atom is 0.329 e. The molecule has 5 heterocycles. The molecule has 0 unspecified atom stereocenters. The van der Waals surface area contributed by atoms with Gasteiger partial charge in [-0.15, -0.1) is 0 Å². The highest BCUT2D eigenvalue weighted by Gasteiger charge is 2.27. The molecule has 0 radical (unpaired) electrons. The summed E-state index contributed by atoms with van der Waals surface area (Å²) in [6.07, 6.45) is 4.45. The second-order valence-corrected chi connectivity index (χ2v) is 8.52. The van der Waals surface area contributed by atoms with E-state index < -0.39 is 0 Å². The molecular weight excluding hydrogens is 404 g/mol. The second-order valence-electron chi connectivity index (χ2n) is 8.13. The van der Waals surface area contributed by atoms with Crippen molar-refractivity contribution in [2.75, 3.05) is 13.2 Å². The number of nitrogens with zero attached hydrogens (tertiary/aromatic N) is 6. The van der Waals surface area contributed by atoms with Crippen LogP contribution in [0.3, 0.4) is 0 Å². The van der Waals surface area contributed by atoms with Gasteiger partial charge in [0.05, 0.1) is 48.5 Å². The van der Waals surface area contributed by atoms with E-state index >= 15 is 0 Å². The normalized spacial score (nSPS) is 14.8. The highest BCUT2D eigenvalue weighted by Crippen LogP contribution is 2.24. The third kappa shape index (κ3) is 3.20. The zero-order chi connectivity index (χ0) is 20.8. The van der Waals surface area contributed by atoms with E-state index in [0.29, 0.717) is 36.5 Å². The first-order valence-corrected chi connectivity index (χ1v) is 10.5. The molecule has 1 aliphatic rings. The molecule has 0 atom stereocenters. The minimum atomic E-state index is -0.0697. The standard InChI is InChI=1S/C21H23ClN6O2/c1-13(2)6-8-26-16-3-4-18(22)24-20(16)25-19(26)10-27-17-9-23-7-5-15(17)28(21(27)29)14-11-30-12-14/h3-5,7,9,13-14H,6,8,10-12H2,1-2H3. The van der Waals surface area contributed by atoms with E-state index in [1.165, 1.54) is 0 Å². The lowest BCUT2D eigenvalue weighted by molar-refractivity contribution is -0.0231. The van der Waals surface area contributed by atoms with E-state index in [1.807, 2.05) is 16.7 Å². The fourth-order valence-electron chi connectivity index (χ4n) is 3.94. The van der Waals surface area contributed by atoms with Crippen LogP contribution in [0.15, 0.2) is 35.4 Å². The highest BCUT2D eigenvalue weighted by molar-refractivity contribution is 6.29. The molecule has 5 rings (SSSR count). The maximum absolute atomic E-state index is 13.3. The highest BCUT2D eigenvalue weighted by atomic mass is 35.5. The van der Waals surface area contributed by atoms with Crippen molar-refractivity contribution >= 4 is 33.8 Å². The summed E-state index contributed by atoms with van der Waals surface area (Å²) >= 11 is 6.09. The summed E-state index contributed by atoms with van der Waals surface area (Å²) in [6.45, 7) is 6.63. The van der Waals surface area contributed by atoms with Crippen LogP contribution in [-0.2, 0) is 17.8 Å². The number of rotatable bonds is 6. The van der Waals surface area contributed by atoms with Crippen LogP contribution in [0.4, 0.5) is 0 Å².